The van der Waals surface area contributed by atoms with Gasteiger partial charge in [0.05, 0.1) is 10.9 Å². The van der Waals surface area contributed by atoms with Gasteiger partial charge in [0.15, 0.2) is 0 Å². The van der Waals surface area contributed by atoms with Crippen LogP contribution in [0.3, 0.4) is 0 Å². The molecule has 1 unspecified atom stereocenters. The summed E-state index contributed by atoms with van der Waals surface area (Å²) < 4.78 is 28.0. The molecule has 0 amide bonds. The normalized spacial score (nSPS) is 12.5. The summed E-state index contributed by atoms with van der Waals surface area (Å²) in [6, 6.07) is 23.6. The summed E-state index contributed by atoms with van der Waals surface area (Å²) in [5.74, 6) is 0. The van der Waals surface area contributed by atoms with Gasteiger partial charge in [0, 0.05) is 17.3 Å². The van der Waals surface area contributed by atoms with Crippen LogP contribution in [0.5, 0.6) is 0 Å². The number of benzene rings is 3. The van der Waals surface area contributed by atoms with Gasteiger partial charge in [-0.05, 0) is 48.9 Å². The van der Waals surface area contributed by atoms with Crippen LogP contribution < -0.4 is 10.0 Å². The van der Waals surface area contributed by atoms with E-state index in [9.17, 15) is 8.42 Å². The number of rotatable bonds is 7. The van der Waals surface area contributed by atoms with Gasteiger partial charge in [-0.15, -0.1) is 0 Å². The fraction of sp³-hybridized carbons (Fsp3) is 0.143. The Kier molecular flexibility index (Phi) is 6.16. The van der Waals surface area contributed by atoms with Crippen LogP contribution in [0.25, 0.3) is 0 Å². The molecule has 0 heterocycles. The topological polar surface area (TPSA) is 58.2 Å². The Balaban J connectivity index is 1.80. The Morgan fingerprint density at radius 3 is 2.15 bits per heavy atom. The van der Waals surface area contributed by atoms with Crippen molar-refractivity contribution in [2.75, 3.05) is 11.9 Å². The molecule has 0 aliphatic carbocycles. The predicted octanol–water partition coefficient (Wildman–Crippen LogP) is 4.78. The van der Waals surface area contributed by atoms with Crippen molar-refractivity contribution in [1.82, 2.24) is 4.72 Å². The van der Waals surface area contributed by atoms with Crippen LogP contribution in [0.1, 0.15) is 17.2 Å². The third-order valence-electron chi connectivity index (χ3n) is 4.20. The molecule has 1 atom stereocenters. The van der Waals surface area contributed by atoms with Crippen molar-refractivity contribution in [2.45, 2.75) is 17.9 Å². The fourth-order valence-corrected chi connectivity index (χ4v) is 3.85. The molecular weight excluding hydrogens is 380 g/mol. The lowest BCUT2D eigenvalue weighted by atomic mass is 10.1. The first-order valence-corrected chi connectivity index (χ1v) is 10.4. The van der Waals surface area contributed by atoms with Crippen molar-refractivity contribution in [1.29, 1.82) is 0 Å². The number of hydrogen-bond donors (Lipinski definition) is 2. The largest absolute Gasteiger partial charge is 0.377 e. The van der Waals surface area contributed by atoms with Crippen LogP contribution >= 0.6 is 11.6 Å². The Morgan fingerprint density at radius 2 is 1.52 bits per heavy atom. The van der Waals surface area contributed by atoms with E-state index in [1.165, 1.54) is 0 Å². The molecule has 0 saturated carbocycles. The maximum Gasteiger partial charge on any atom is 0.240 e. The van der Waals surface area contributed by atoms with Gasteiger partial charge in [0.2, 0.25) is 10.0 Å². The standard InChI is InChI=1S/C21H21ClN2O2S/c1-16-7-13-20(14-8-16)27(25,26)23-15-21(17-9-11-18(22)12-10-17)24-19-5-3-2-4-6-19/h2-14,21,23-24H,15H2,1H3. The van der Waals surface area contributed by atoms with Crippen LogP contribution in [-0.4, -0.2) is 15.0 Å². The molecule has 0 bridgehead atoms. The van der Waals surface area contributed by atoms with Gasteiger partial charge in [0.1, 0.15) is 0 Å². The van der Waals surface area contributed by atoms with Crippen LogP contribution in [0, 0.1) is 6.92 Å². The van der Waals surface area contributed by atoms with Crippen molar-refractivity contribution >= 4 is 27.3 Å². The van der Waals surface area contributed by atoms with E-state index in [1.807, 2.05) is 49.4 Å². The van der Waals surface area contributed by atoms with E-state index in [0.29, 0.717) is 5.02 Å². The molecule has 0 saturated heterocycles. The summed E-state index contributed by atoms with van der Waals surface area (Å²) in [5, 5.41) is 4.01. The lowest BCUT2D eigenvalue weighted by Crippen LogP contribution is -2.31. The number of para-hydroxylation sites is 1. The highest BCUT2D eigenvalue weighted by Gasteiger charge is 2.18. The highest BCUT2D eigenvalue weighted by atomic mass is 35.5. The zero-order valence-electron chi connectivity index (χ0n) is 14.9. The molecule has 4 nitrogen and oxygen atoms in total. The average Bonchev–Trinajstić information content (AvgIpc) is 2.67. The SMILES string of the molecule is Cc1ccc(S(=O)(=O)NCC(Nc2ccccc2)c2ccc(Cl)cc2)cc1. The number of halogens is 1. The molecule has 140 valence electrons. The first kappa shape index (κ1) is 19.4. The Hall–Kier alpha value is -2.34. The number of hydrogen-bond acceptors (Lipinski definition) is 3. The molecule has 2 N–H and O–H groups in total. The zero-order chi connectivity index (χ0) is 19.3. The van der Waals surface area contributed by atoms with Crippen LogP contribution in [0.2, 0.25) is 5.02 Å². The van der Waals surface area contributed by atoms with Crippen LogP contribution in [0.15, 0.2) is 83.8 Å². The van der Waals surface area contributed by atoms with Gasteiger partial charge in [0.25, 0.3) is 0 Å². The minimum atomic E-state index is -3.60. The third-order valence-corrected chi connectivity index (χ3v) is 5.89. The first-order chi connectivity index (χ1) is 12.9. The Morgan fingerprint density at radius 1 is 0.889 bits per heavy atom. The first-order valence-electron chi connectivity index (χ1n) is 8.57. The molecule has 27 heavy (non-hydrogen) atoms. The Labute approximate surface area is 165 Å². The van der Waals surface area contributed by atoms with Crippen molar-refractivity contribution in [3.05, 3.63) is 95.0 Å². The number of anilines is 1. The highest BCUT2D eigenvalue weighted by molar-refractivity contribution is 7.89. The van der Waals surface area contributed by atoms with Crippen LogP contribution in [-0.2, 0) is 10.0 Å². The minimum Gasteiger partial charge on any atom is -0.377 e. The maximum atomic E-state index is 12.6. The van der Waals surface area contributed by atoms with Gasteiger partial charge in [-0.2, -0.15) is 0 Å². The van der Waals surface area contributed by atoms with E-state index in [0.717, 1.165) is 16.8 Å². The molecule has 0 fully saturated rings. The van der Waals surface area contributed by atoms with Gasteiger partial charge in [-0.25, -0.2) is 13.1 Å². The monoisotopic (exact) mass is 400 g/mol. The van der Waals surface area contributed by atoms with E-state index >= 15 is 0 Å². The van der Waals surface area contributed by atoms with Crippen LogP contribution in [0.4, 0.5) is 5.69 Å². The molecule has 0 spiro atoms. The molecule has 3 aromatic rings. The van der Waals surface area contributed by atoms with E-state index < -0.39 is 10.0 Å². The second-order valence-corrected chi connectivity index (χ2v) is 8.48. The van der Waals surface area contributed by atoms with Crippen molar-refractivity contribution in [2.24, 2.45) is 0 Å². The summed E-state index contributed by atoms with van der Waals surface area (Å²) in [5.41, 5.74) is 2.86. The quantitative estimate of drug-likeness (QED) is 0.600. The van der Waals surface area contributed by atoms with E-state index in [4.69, 9.17) is 11.6 Å². The van der Waals surface area contributed by atoms with E-state index in [2.05, 4.69) is 10.0 Å². The lowest BCUT2D eigenvalue weighted by Gasteiger charge is -2.21. The van der Waals surface area contributed by atoms with Crippen molar-refractivity contribution < 1.29 is 8.42 Å². The highest BCUT2D eigenvalue weighted by Crippen LogP contribution is 2.22. The van der Waals surface area contributed by atoms with E-state index in [-0.39, 0.29) is 17.5 Å². The predicted molar refractivity (Wildman–Crippen MR) is 111 cm³/mol. The maximum absolute atomic E-state index is 12.6. The minimum absolute atomic E-state index is 0.201. The van der Waals surface area contributed by atoms with Crippen molar-refractivity contribution in [3.63, 3.8) is 0 Å². The second-order valence-electron chi connectivity index (χ2n) is 6.28. The summed E-state index contributed by atoms with van der Waals surface area (Å²) in [4.78, 5) is 0.252. The summed E-state index contributed by atoms with van der Waals surface area (Å²) >= 11 is 5.99. The molecule has 3 aromatic carbocycles. The number of sulfonamides is 1. The molecule has 0 aliphatic heterocycles. The van der Waals surface area contributed by atoms with Gasteiger partial charge in [-0.3, -0.25) is 0 Å². The molecule has 0 aromatic heterocycles. The summed E-state index contributed by atoms with van der Waals surface area (Å²) in [6.07, 6.45) is 0. The second kappa shape index (κ2) is 8.57. The molecule has 3 rings (SSSR count). The Bertz CT molecular complexity index is 973. The number of aryl methyl sites for hydroxylation is 1. The zero-order valence-corrected chi connectivity index (χ0v) is 16.5. The fourth-order valence-electron chi connectivity index (χ4n) is 2.68. The van der Waals surface area contributed by atoms with Gasteiger partial charge < -0.3 is 5.32 Å². The van der Waals surface area contributed by atoms with Gasteiger partial charge >= 0.3 is 0 Å². The third kappa shape index (κ3) is 5.32. The lowest BCUT2D eigenvalue weighted by molar-refractivity contribution is 0.576. The average molecular weight is 401 g/mol. The van der Waals surface area contributed by atoms with E-state index in [1.54, 1.807) is 36.4 Å². The molecule has 0 radical (unpaired) electrons. The number of nitrogens with one attached hydrogen (secondary N) is 2. The smallest absolute Gasteiger partial charge is 0.240 e. The van der Waals surface area contributed by atoms with Gasteiger partial charge in [-0.1, -0.05) is 59.6 Å². The molecular formula is C21H21ClN2O2S. The summed E-state index contributed by atoms with van der Waals surface area (Å²) in [6.45, 7) is 2.12. The summed E-state index contributed by atoms with van der Waals surface area (Å²) in [7, 11) is -3.60. The van der Waals surface area contributed by atoms with Crippen molar-refractivity contribution in [3.8, 4) is 0 Å². The molecule has 0 aliphatic rings. The molecule has 6 heteroatoms.